The van der Waals surface area contributed by atoms with Crippen molar-refractivity contribution < 1.29 is 8.78 Å². The molecule has 14 heavy (non-hydrogen) atoms. The van der Waals surface area contributed by atoms with Crippen LogP contribution in [0.1, 0.15) is 29.9 Å². The summed E-state index contributed by atoms with van der Waals surface area (Å²) in [7, 11) is 0. The standard InChI is InChI=1S/C11H9F2N/c12-10-5-8-2-1-7(3-4-14)9(8)6-11(10)13/h5-7H,1-3H2. The second kappa shape index (κ2) is 3.38. The van der Waals surface area contributed by atoms with E-state index in [0.29, 0.717) is 6.42 Å². The summed E-state index contributed by atoms with van der Waals surface area (Å²) < 4.78 is 25.8. The molecule has 2 rings (SSSR count). The molecule has 1 aromatic rings. The summed E-state index contributed by atoms with van der Waals surface area (Å²) in [6.07, 6.45) is 1.96. The van der Waals surface area contributed by atoms with Crippen molar-refractivity contribution in [1.82, 2.24) is 0 Å². The van der Waals surface area contributed by atoms with Gasteiger partial charge in [-0.3, -0.25) is 0 Å². The molecule has 1 aliphatic rings. The Morgan fingerprint density at radius 2 is 2.07 bits per heavy atom. The lowest BCUT2D eigenvalue weighted by Crippen LogP contribution is -1.94. The van der Waals surface area contributed by atoms with E-state index in [1.807, 2.05) is 0 Å². The van der Waals surface area contributed by atoms with Crippen LogP contribution in [0.4, 0.5) is 8.78 Å². The van der Waals surface area contributed by atoms with Gasteiger partial charge >= 0.3 is 0 Å². The van der Waals surface area contributed by atoms with E-state index in [1.54, 1.807) is 0 Å². The molecule has 1 aliphatic carbocycles. The highest BCUT2D eigenvalue weighted by Crippen LogP contribution is 2.36. The van der Waals surface area contributed by atoms with E-state index >= 15 is 0 Å². The Morgan fingerprint density at radius 1 is 1.36 bits per heavy atom. The van der Waals surface area contributed by atoms with Crippen LogP contribution >= 0.6 is 0 Å². The van der Waals surface area contributed by atoms with Crippen molar-refractivity contribution in [2.24, 2.45) is 0 Å². The maximum absolute atomic E-state index is 12.9. The lowest BCUT2D eigenvalue weighted by molar-refractivity contribution is 0.506. The van der Waals surface area contributed by atoms with Gasteiger partial charge in [0.25, 0.3) is 0 Å². The second-order valence-corrected chi connectivity index (χ2v) is 3.56. The van der Waals surface area contributed by atoms with Crippen molar-refractivity contribution in [2.45, 2.75) is 25.2 Å². The van der Waals surface area contributed by atoms with Crippen molar-refractivity contribution in [3.05, 3.63) is 34.9 Å². The van der Waals surface area contributed by atoms with Gasteiger partial charge in [0.1, 0.15) is 0 Å². The zero-order valence-electron chi connectivity index (χ0n) is 7.56. The van der Waals surface area contributed by atoms with Crippen LogP contribution in [-0.4, -0.2) is 0 Å². The third-order valence-electron chi connectivity index (χ3n) is 2.72. The number of halogens is 2. The summed E-state index contributed by atoms with van der Waals surface area (Å²) in [6, 6.07) is 4.56. The van der Waals surface area contributed by atoms with Crippen LogP contribution in [0.2, 0.25) is 0 Å². The first-order valence-corrected chi connectivity index (χ1v) is 4.57. The van der Waals surface area contributed by atoms with Crippen molar-refractivity contribution in [3.63, 3.8) is 0 Å². The summed E-state index contributed by atoms with van der Waals surface area (Å²) in [5.41, 5.74) is 1.66. The molecular weight excluding hydrogens is 184 g/mol. The maximum Gasteiger partial charge on any atom is 0.159 e. The van der Waals surface area contributed by atoms with E-state index in [9.17, 15) is 8.78 Å². The van der Waals surface area contributed by atoms with Crippen LogP contribution in [0.25, 0.3) is 0 Å². The fourth-order valence-electron chi connectivity index (χ4n) is 2.01. The van der Waals surface area contributed by atoms with Crippen LogP contribution < -0.4 is 0 Å². The summed E-state index contributed by atoms with van der Waals surface area (Å²) in [6.45, 7) is 0. The minimum Gasteiger partial charge on any atom is -0.204 e. The Bertz CT molecular complexity index is 406. The van der Waals surface area contributed by atoms with Crippen LogP contribution in [-0.2, 0) is 6.42 Å². The van der Waals surface area contributed by atoms with Crippen LogP contribution in [0.15, 0.2) is 12.1 Å². The van der Waals surface area contributed by atoms with E-state index in [1.165, 1.54) is 12.1 Å². The Morgan fingerprint density at radius 3 is 2.79 bits per heavy atom. The summed E-state index contributed by atoms with van der Waals surface area (Å²) in [5, 5.41) is 8.56. The largest absolute Gasteiger partial charge is 0.204 e. The molecule has 0 radical (unpaired) electrons. The molecule has 1 atom stereocenters. The van der Waals surface area contributed by atoms with Crippen LogP contribution in [0.3, 0.4) is 0 Å². The Labute approximate surface area is 81.0 Å². The van der Waals surface area contributed by atoms with Gasteiger partial charge in [0.15, 0.2) is 11.6 Å². The van der Waals surface area contributed by atoms with Crippen molar-refractivity contribution in [3.8, 4) is 6.07 Å². The van der Waals surface area contributed by atoms with Crippen molar-refractivity contribution >= 4 is 0 Å². The van der Waals surface area contributed by atoms with Crippen LogP contribution in [0.5, 0.6) is 0 Å². The third kappa shape index (κ3) is 1.37. The molecule has 0 saturated carbocycles. The first-order chi connectivity index (χ1) is 6.72. The highest BCUT2D eigenvalue weighted by Gasteiger charge is 2.24. The number of rotatable bonds is 1. The highest BCUT2D eigenvalue weighted by atomic mass is 19.2. The SMILES string of the molecule is N#CCC1CCc2cc(F)c(F)cc21. The first kappa shape index (κ1) is 9.14. The van der Waals surface area contributed by atoms with Gasteiger partial charge in [0.2, 0.25) is 0 Å². The van der Waals surface area contributed by atoms with Crippen molar-refractivity contribution in [1.29, 1.82) is 5.26 Å². The molecule has 0 N–H and O–H groups in total. The molecule has 1 nitrogen and oxygen atoms in total. The highest BCUT2D eigenvalue weighted by molar-refractivity contribution is 5.36. The Kier molecular flexibility index (Phi) is 2.20. The first-order valence-electron chi connectivity index (χ1n) is 4.57. The topological polar surface area (TPSA) is 23.8 Å². The number of aryl methyl sites for hydroxylation is 1. The number of hydrogen-bond acceptors (Lipinski definition) is 1. The zero-order chi connectivity index (χ0) is 10.1. The summed E-state index contributed by atoms with van der Waals surface area (Å²) in [5.74, 6) is -1.51. The molecule has 0 saturated heterocycles. The third-order valence-corrected chi connectivity index (χ3v) is 2.72. The molecule has 0 aliphatic heterocycles. The van der Waals surface area contributed by atoms with E-state index in [0.717, 1.165) is 24.0 Å². The molecule has 0 spiro atoms. The molecule has 0 bridgehead atoms. The maximum atomic E-state index is 12.9. The molecule has 3 heteroatoms. The summed E-state index contributed by atoms with van der Waals surface area (Å²) in [4.78, 5) is 0. The Balaban J connectivity index is 2.41. The number of fused-ring (bicyclic) bond motifs is 1. The number of benzene rings is 1. The molecule has 72 valence electrons. The molecular formula is C11H9F2N. The minimum absolute atomic E-state index is 0.0881. The van der Waals surface area contributed by atoms with Gasteiger partial charge in [0, 0.05) is 6.42 Å². The predicted octanol–water partition coefficient (Wildman–Crippen LogP) is 2.91. The molecule has 0 fully saturated rings. The normalized spacial score (nSPS) is 19.1. The second-order valence-electron chi connectivity index (χ2n) is 3.56. The average molecular weight is 193 g/mol. The quantitative estimate of drug-likeness (QED) is 0.672. The van der Waals surface area contributed by atoms with E-state index < -0.39 is 11.6 Å². The number of nitrogens with zero attached hydrogens (tertiary/aromatic N) is 1. The minimum atomic E-state index is -0.811. The van der Waals surface area contributed by atoms with E-state index in [2.05, 4.69) is 6.07 Å². The van der Waals surface area contributed by atoms with Gasteiger partial charge in [-0.05, 0) is 42.0 Å². The molecule has 1 aromatic carbocycles. The number of hydrogen-bond donors (Lipinski definition) is 0. The van der Waals surface area contributed by atoms with Gasteiger partial charge < -0.3 is 0 Å². The average Bonchev–Trinajstić information content (AvgIpc) is 2.51. The van der Waals surface area contributed by atoms with Crippen molar-refractivity contribution in [2.75, 3.05) is 0 Å². The van der Waals surface area contributed by atoms with Gasteiger partial charge in [-0.15, -0.1) is 0 Å². The van der Waals surface area contributed by atoms with E-state index in [4.69, 9.17) is 5.26 Å². The smallest absolute Gasteiger partial charge is 0.159 e. The number of nitriles is 1. The fraction of sp³-hybridized carbons (Fsp3) is 0.364. The predicted molar refractivity (Wildman–Crippen MR) is 47.7 cm³/mol. The summed E-state index contributed by atoms with van der Waals surface area (Å²) >= 11 is 0. The fourth-order valence-corrected chi connectivity index (χ4v) is 2.01. The molecule has 0 amide bonds. The lowest BCUT2D eigenvalue weighted by atomic mass is 9.98. The van der Waals surface area contributed by atoms with Gasteiger partial charge in [-0.2, -0.15) is 5.26 Å². The lowest BCUT2D eigenvalue weighted by Gasteiger charge is -2.06. The van der Waals surface area contributed by atoms with E-state index in [-0.39, 0.29) is 5.92 Å². The van der Waals surface area contributed by atoms with Crippen LogP contribution in [0, 0.1) is 23.0 Å². The molecule has 1 unspecified atom stereocenters. The van der Waals surface area contributed by atoms with Gasteiger partial charge in [-0.1, -0.05) is 0 Å². The Hall–Kier alpha value is -1.43. The monoisotopic (exact) mass is 193 g/mol. The molecule has 0 heterocycles. The van der Waals surface area contributed by atoms with Gasteiger partial charge in [0.05, 0.1) is 6.07 Å². The molecule has 0 aromatic heterocycles. The van der Waals surface area contributed by atoms with Gasteiger partial charge in [-0.25, -0.2) is 8.78 Å². The zero-order valence-corrected chi connectivity index (χ0v) is 7.56.